The average Bonchev–Trinajstić information content (AvgIpc) is 2.81. The first-order valence-electron chi connectivity index (χ1n) is 6.05. The summed E-state index contributed by atoms with van der Waals surface area (Å²) in [6, 6.07) is 5.65. The number of fused-ring (bicyclic) bond motifs is 1. The zero-order valence-electron chi connectivity index (χ0n) is 10.5. The number of nitrogens with one attached hydrogen (secondary N) is 1. The van der Waals surface area contributed by atoms with Gasteiger partial charge in [-0.2, -0.15) is 0 Å². The maximum Gasteiger partial charge on any atom is 0.253 e. The lowest BCUT2D eigenvalue weighted by Crippen LogP contribution is -2.18. The lowest BCUT2D eigenvalue weighted by atomic mass is 10.0. The summed E-state index contributed by atoms with van der Waals surface area (Å²) in [5, 5.41) is 10.4. The molecule has 0 saturated carbocycles. The van der Waals surface area contributed by atoms with Gasteiger partial charge in [-0.3, -0.25) is 4.79 Å². The topological polar surface area (TPSA) is 77.3 Å². The molecule has 2 heterocycles. The summed E-state index contributed by atoms with van der Waals surface area (Å²) in [6.45, 7) is 1.94. The van der Waals surface area contributed by atoms with Crippen LogP contribution in [-0.4, -0.2) is 16.1 Å². The molecule has 98 valence electrons. The normalized spacial score (nSPS) is 13.8. The Hall–Kier alpha value is -2.37. The Morgan fingerprint density at radius 1 is 1.37 bits per heavy atom. The van der Waals surface area contributed by atoms with Gasteiger partial charge in [0.2, 0.25) is 11.8 Å². The number of hydrogen-bond acceptors (Lipinski definition) is 5. The van der Waals surface area contributed by atoms with E-state index >= 15 is 0 Å². The first-order chi connectivity index (χ1) is 9.20. The summed E-state index contributed by atoms with van der Waals surface area (Å²) in [5.74, 6) is 1.64. The van der Waals surface area contributed by atoms with Crippen molar-refractivity contribution >= 4 is 11.6 Å². The molecule has 1 aromatic heterocycles. The second-order valence-corrected chi connectivity index (χ2v) is 4.37. The fourth-order valence-corrected chi connectivity index (χ4v) is 1.98. The van der Waals surface area contributed by atoms with Crippen LogP contribution in [0.4, 0.5) is 5.69 Å². The molecule has 6 nitrogen and oxygen atoms in total. The molecule has 1 amide bonds. The molecule has 3 rings (SSSR count). The number of benzene rings is 1. The molecule has 0 saturated heterocycles. The van der Waals surface area contributed by atoms with Crippen molar-refractivity contribution in [1.29, 1.82) is 0 Å². The van der Waals surface area contributed by atoms with Crippen LogP contribution in [0.2, 0.25) is 0 Å². The van der Waals surface area contributed by atoms with Gasteiger partial charge in [0.25, 0.3) is 5.89 Å². The summed E-state index contributed by atoms with van der Waals surface area (Å²) >= 11 is 0. The Balaban J connectivity index is 1.71. The molecule has 0 spiro atoms. The Morgan fingerprint density at radius 2 is 2.26 bits per heavy atom. The predicted molar refractivity (Wildman–Crippen MR) is 66.8 cm³/mol. The van der Waals surface area contributed by atoms with Crippen molar-refractivity contribution in [2.75, 3.05) is 5.32 Å². The van der Waals surface area contributed by atoms with Gasteiger partial charge >= 0.3 is 0 Å². The standard InChI is InChI=1S/C13H13N3O3/c1-8-15-16-13(19-8)7-18-10-4-2-9-3-5-12(17)14-11(9)6-10/h2,4,6H,3,5,7H2,1H3,(H,14,17). The third-order valence-corrected chi connectivity index (χ3v) is 2.91. The summed E-state index contributed by atoms with van der Waals surface area (Å²) in [6.07, 6.45) is 1.30. The minimum Gasteiger partial charge on any atom is -0.484 e. The van der Waals surface area contributed by atoms with E-state index in [9.17, 15) is 4.79 Å². The van der Waals surface area contributed by atoms with E-state index in [0.717, 1.165) is 17.7 Å². The highest BCUT2D eigenvalue weighted by Crippen LogP contribution is 2.27. The van der Waals surface area contributed by atoms with Gasteiger partial charge in [-0.1, -0.05) is 6.07 Å². The number of amides is 1. The monoisotopic (exact) mass is 259 g/mol. The highest BCUT2D eigenvalue weighted by atomic mass is 16.5. The Bertz CT molecular complexity index is 621. The van der Waals surface area contributed by atoms with Gasteiger partial charge in [-0.05, 0) is 18.1 Å². The zero-order valence-corrected chi connectivity index (χ0v) is 10.5. The van der Waals surface area contributed by atoms with E-state index in [4.69, 9.17) is 9.15 Å². The summed E-state index contributed by atoms with van der Waals surface area (Å²) in [7, 11) is 0. The fraction of sp³-hybridized carbons (Fsp3) is 0.308. The number of carbonyl (C=O) groups excluding carboxylic acids is 1. The molecule has 19 heavy (non-hydrogen) atoms. The van der Waals surface area contributed by atoms with Crippen LogP contribution in [0.25, 0.3) is 0 Å². The first-order valence-corrected chi connectivity index (χ1v) is 6.05. The van der Waals surface area contributed by atoms with Crippen LogP contribution in [0.15, 0.2) is 22.6 Å². The van der Waals surface area contributed by atoms with Crippen molar-refractivity contribution in [2.45, 2.75) is 26.4 Å². The SMILES string of the molecule is Cc1nnc(COc2ccc3c(c2)NC(=O)CC3)o1. The van der Waals surface area contributed by atoms with Gasteiger partial charge in [0, 0.05) is 25.1 Å². The maximum absolute atomic E-state index is 11.3. The molecule has 0 fully saturated rings. The number of nitrogens with zero attached hydrogens (tertiary/aromatic N) is 2. The largest absolute Gasteiger partial charge is 0.484 e. The van der Waals surface area contributed by atoms with Crippen LogP contribution in [0.5, 0.6) is 5.75 Å². The fourth-order valence-electron chi connectivity index (χ4n) is 1.98. The number of aryl methyl sites for hydroxylation is 2. The van der Waals surface area contributed by atoms with E-state index in [1.54, 1.807) is 6.92 Å². The van der Waals surface area contributed by atoms with E-state index < -0.39 is 0 Å². The molecule has 1 aliphatic heterocycles. The van der Waals surface area contributed by atoms with Crippen molar-refractivity contribution in [3.05, 3.63) is 35.5 Å². The van der Waals surface area contributed by atoms with Crippen molar-refractivity contribution in [2.24, 2.45) is 0 Å². The zero-order chi connectivity index (χ0) is 13.2. The molecule has 0 aliphatic carbocycles. The number of rotatable bonds is 3. The predicted octanol–water partition coefficient (Wildman–Crippen LogP) is 1.84. The quantitative estimate of drug-likeness (QED) is 0.910. The number of carbonyl (C=O) groups is 1. The summed E-state index contributed by atoms with van der Waals surface area (Å²) in [4.78, 5) is 11.3. The minimum absolute atomic E-state index is 0.0391. The van der Waals surface area contributed by atoms with E-state index in [0.29, 0.717) is 24.0 Å². The van der Waals surface area contributed by atoms with Crippen LogP contribution in [0.3, 0.4) is 0 Å². The maximum atomic E-state index is 11.3. The molecule has 6 heteroatoms. The lowest BCUT2D eigenvalue weighted by molar-refractivity contribution is -0.116. The number of ether oxygens (including phenoxy) is 1. The molecule has 0 unspecified atom stereocenters. The van der Waals surface area contributed by atoms with Gasteiger partial charge in [0.05, 0.1) is 0 Å². The Kier molecular flexibility index (Phi) is 2.91. The second-order valence-electron chi connectivity index (χ2n) is 4.37. The lowest BCUT2D eigenvalue weighted by Gasteiger charge is -2.17. The number of aromatic nitrogens is 2. The van der Waals surface area contributed by atoms with Gasteiger partial charge < -0.3 is 14.5 Å². The highest BCUT2D eigenvalue weighted by molar-refractivity contribution is 5.94. The van der Waals surface area contributed by atoms with Crippen molar-refractivity contribution < 1.29 is 13.9 Å². The molecule has 0 atom stereocenters. The number of anilines is 1. The van der Waals surface area contributed by atoms with E-state index in [-0.39, 0.29) is 12.5 Å². The second kappa shape index (κ2) is 4.72. The average molecular weight is 259 g/mol. The van der Waals surface area contributed by atoms with Crippen LogP contribution < -0.4 is 10.1 Å². The Labute approximate surface area is 109 Å². The van der Waals surface area contributed by atoms with Crippen molar-refractivity contribution in [3.8, 4) is 5.75 Å². The third-order valence-electron chi connectivity index (χ3n) is 2.91. The molecular formula is C13H13N3O3. The summed E-state index contributed by atoms with van der Waals surface area (Å²) < 4.78 is 10.8. The van der Waals surface area contributed by atoms with E-state index in [1.807, 2.05) is 18.2 Å². The molecule has 0 radical (unpaired) electrons. The molecule has 1 aromatic carbocycles. The molecular weight excluding hydrogens is 246 g/mol. The first kappa shape index (κ1) is 11.7. The van der Waals surface area contributed by atoms with Gasteiger partial charge in [-0.25, -0.2) is 0 Å². The van der Waals surface area contributed by atoms with Crippen LogP contribution in [0, 0.1) is 6.92 Å². The molecule has 1 aliphatic rings. The van der Waals surface area contributed by atoms with Crippen molar-refractivity contribution in [3.63, 3.8) is 0 Å². The number of hydrogen-bond donors (Lipinski definition) is 1. The van der Waals surface area contributed by atoms with E-state index in [2.05, 4.69) is 15.5 Å². The van der Waals surface area contributed by atoms with Crippen LogP contribution >= 0.6 is 0 Å². The highest BCUT2D eigenvalue weighted by Gasteiger charge is 2.15. The van der Waals surface area contributed by atoms with E-state index in [1.165, 1.54) is 0 Å². The van der Waals surface area contributed by atoms with Crippen molar-refractivity contribution in [1.82, 2.24) is 10.2 Å². The molecule has 0 bridgehead atoms. The minimum atomic E-state index is 0.0391. The summed E-state index contributed by atoms with van der Waals surface area (Å²) in [5.41, 5.74) is 1.94. The van der Waals surface area contributed by atoms with Gasteiger partial charge in [0.15, 0.2) is 6.61 Å². The smallest absolute Gasteiger partial charge is 0.253 e. The molecule has 1 N–H and O–H groups in total. The molecule has 2 aromatic rings. The van der Waals surface area contributed by atoms with Gasteiger partial charge in [-0.15, -0.1) is 10.2 Å². The van der Waals surface area contributed by atoms with Gasteiger partial charge in [0.1, 0.15) is 5.75 Å². The third kappa shape index (κ3) is 2.57. The Morgan fingerprint density at radius 3 is 3.05 bits per heavy atom. The van der Waals surface area contributed by atoms with Crippen LogP contribution in [0.1, 0.15) is 23.8 Å². The van der Waals surface area contributed by atoms with Crippen LogP contribution in [-0.2, 0) is 17.8 Å².